The number of nitrogens with zero attached hydrogens (tertiary/aromatic N) is 6. The van der Waals surface area contributed by atoms with Crippen molar-refractivity contribution in [3.05, 3.63) is 47.4 Å². The number of halogens is 1. The minimum Gasteiger partial charge on any atom is -0.491 e. The number of nitrogens with one attached hydrogen (secondary N) is 1. The van der Waals surface area contributed by atoms with Crippen molar-refractivity contribution in [2.24, 2.45) is 0 Å². The molecule has 2 aromatic heterocycles. The van der Waals surface area contributed by atoms with E-state index in [2.05, 4.69) is 28.2 Å². The molecule has 2 atom stereocenters. The van der Waals surface area contributed by atoms with Gasteiger partial charge in [0.15, 0.2) is 5.65 Å². The van der Waals surface area contributed by atoms with Gasteiger partial charge in [0.05, 0.1) is 17.3 Å². The predicted molar refractivity (Wildman–Crippen MR) is 140 cm³/mol. The first-order chi connectivity index (χ1) is 18.0. The van der Waals surface area contributed by atoms with Gasteiger partial charge in [-0.2, -0.15) is 9.61 Å². The highest BCUT2D eigenvalue weighted by atomic mass is 19.1. The maximum absolute atomic E-state index is 14.3. The van der Waals surface area contributed by atoms with E-state index in [0.29, 0.717) is 18.9 Å². The highest BCUT2D eigenvalue weighted by Crippen LogP contribution is 2.35. The van der Waals surface area contributed by atoms with Crippen LogP contribution in [0.1, 0.15) is 54.7 Å². The third-order valence-corrected chi connectivity index (χ3v) is 7.69. The van der Waals surface area contributed by atoms with E-state index >= 15 is 0 Å². The SMILES string of the molecule is CC1COc2ccc(F)cc2C(=O)N2CCCC[C@H]2c2cc3nc(N4CCC4)cc(n3n2)N(C)CCN1. The van der Waals surface area contributed by atoms with Crippen LogP contribution in [0.2, 0.25) is 0 Å². The third-order valence-electron chi connectivity index (χ3n) is 7.69. The molecule has 5 heterocycles. The van der Waals surface area contributed by atoms with Gasteiger partial charge in [0.25, 0.3) is 5.91 Å². The van der Waals surface area contributed by atoms with Crippen LogP contribution in [0, 0.1) is 5.82 Å². The topological polar surface area (TPSA) is 78.2 Å². The van der Waals surface area contributed by atoms with Crippen LogP contribution in [0.4, 0.5) is 16.0 Å². The number of amides is 1. The number of aromatic nitrogens is 3. The van der Waals surface area contributed by atoms with Crippen molar-refractivity contribution >= 4 is 23.2 Å². The highest BCUT2D eigenvalue weighted by Gasteiger charge is 2.33. The minimum atomic E-state index is -0.451. The van der Waals surface area contributed by atoms with E-state index in [1.165, 1.54) is 18.6 Å². The van der Waals surface area contributed by atoms with Gasteiger partial charge >= 0.3 is 0 Å². The summed E-state index contributed by atoms with van der Waals surface area (Å²) < 4.78 is 22.3. The average Bonchev–Trinajstić information content (AvgIpc) is 3.29. The fraction of sp³-hybridized carbons (Fsp3) is 0.519. The summed E-state index contributed by atoms with van der Waals surface area (Å²) in [5, 5.41) is 8.49. The molecule has 3 aromatic rings. The molecule has 2 saturated heterocycles. The van der Waals surface area contributed by atoms with E-state index in [1.54, 1.807) is 6.07 Å². The van der Waals surface area contributed by atoms with Gasteiger partial charge in [-0.25, -0.2) is 9.37 Å². The van der Waals surface area contributed by atoms with Crippen LogP contribution in [0.3, 0.4) is 0 Å². The smallest absolute Gasteiger partial charge is 0.258 e. The predicted octanol–water partition coefficient (Wildman–Crippen LogP) is 3.25. The van der Waals surface area contributed by atoms with Gasteiger partial charge in [0.1, 0.15) is 29.8 Å². The van der Waals surface area contributed by atoms with Gasteiger partial charge in [-0.05, 0) is 50.8 Å². The number of benzene rings is 1. The molecule has 10 heteroatoms. The van der Waals surface area contributed by atoms with Crippen molar-refractivity contribution in [3.63, 3.8) is 0 Å². The number of rotatable bonds is 1. The Morgan fingerprint density at radius 3 is 2.76 bits per heavy atom. The number of fused-ring (bicyclic) bond motifs is 4. The summed E-state index contributed by atoms with van der Waals surface area (Å²) in [7, 11) is 2.07. The van der Waals surface area contributed by atoms with Gasteiger partial charge in [0, 0.05) is 57.9 Å². The standard InChI is InChI=1S/C27H34FN7O2/c1-18-17-37-23-8-7-19(28)14-20(23)27(36)34-12-4-3-6-22(34)21-15-25-30-24(33-10-5-11-33)16-26(35(25)31-21)32(2)13-9-29-18/h7-8,14-16,18,22,29H,3-6,9-13,17H2,1-2H3/t18?,22-/m0/s1. The lowest BCUT2D eigenvalue weighted by Crippen LogP contribution is -2.40. The number of piperidine rings is 1. The van der Waals surface area contributed by atoms with E-state index in [9.17, 15) is 9.18 Å². The summed E-state index contributed by atoms with van der Waals surface area (Å²) in [6, 6.07) is 8.16. The Hall–Kier alpha value is -3.40. The zero-order chi connectivity index (χ0) is 25.5. The zero-order valence-corrected chi connectivity index (χ0v) is 21.5. The Morgan fingerprint density at radius 1 is 1.08 bits per heavy atom. The Bertz CT molecular complexity index is 1310. The summed E-state index contributed by atoms with van der Waals surface area (Å²) in [4.78, 5) is 25.1. The fourth-order valence-corrected chi connectivity index (χ4v) is 5.40. The van der Waals surface area contributed by atoms with Crippen molar-refractivity contribution in [1.82, 2.24) is 24.8 Å². The summed E-state index contributed by atoms with van der Waals surface area (Å²) >= 11 is 0. The molecule has 0 saturated carbocycles. The van der Waals surface area contributed by atoms with Crippen LogP contribution in [-0.4, -0.2) is 77.8 Å². The van der Waals surface area contributed by atoms with Crippen LogP contribution >= 0.6 is 0 Å². The Balaban J connectivity index is 1.46. The van der Waals surface area contributed by atoms with Crippen molar-refractivity contribution in [1.29, 1.82) is 0 Å². The van der Waals surface area contributed by atoms with Crippen molar-refractivity contribution in [2.45, 2.75) is 44.7 Å². The molecule has 0 aliphatic carbocycles. The number of carbonyl (C=O) groups excluding carboxylic acids is 1. The van der Waals surface area contributed by atoms with Gasteiger partial charge in [-0.15, -0.1) is 0 Å². The van der Waals surface area contributed by atoms with E-state index in [1.807, 2.05) is 22.4 Å². The van der Waals surface area contributed by atoms with Crippen LogP contribution in [0.25, 0.3) is 5.65 Å². The van der Waals surface area contributed by atoms with E-state index in [4.69, 9.17) is 14.8 Å². The highest BCUT2D eigenvalue weighted by molar-refractivity contribution is 5.97. The lowest BCUT2D eigenvalue weighted by molar-refractivity contribution is 0.0600. The van der Waals surface area contributed by atoms with E-state index in [-0.39, 0.29) is 23.6 Å². The molecule has 2 bridgehead atoms. The van der Waals surface area contributed by atoms with Crippen LogP contribution in [0.15, 0.2) is 30.3 Å². The number of hydrogen-bond acceptors (Lipinski definition) is 7. The molecule has 1 amide bonds. The van der Waals surface area contributed by atoms with Gasteiger partial charge < -0.3 is 24.8 Å². The van der Waals surface area contributed by atoms with Crippen LogP contribution < -0.4 is 19.9 Å². The van der Waals surface area contributed by atoms with Gasteiger partial charge in [-0.3, -0.25) is 4.79 Å². The minimum absolute atomic E-state index is 0.0439. The summed E-state index contributed by atoms with van der Waals surface area (Å²) in [6.07, 6.45) is 3.87. The second kappa shape index (κ2) is 9.81. The number of ether oxygens (including phenoxy) is 1. The van der Waals surface area contributed by atoms with E-state index in [0.717, 1.165) is 68.4 Å². The fourth-order valence-electron chi connectivity index (χ4n) is 5.40. The summed E-state index contributed by atoms with van der Waals surface area (Å²) in [5.41, 5.74) is 1.85. The van der Waals surface area contributed by atoms with Gasteiger partial charge in [-0.1, -0.05) is 0 Å². The molecular weight excluding hydrogens is 473 g/mol. The first kappa shape index (κ1) is 24.0. The quantitative estimate of drug-likeness (QED) is 0.542. The molecule has 1 unspecified atom stereocenters. The second-order valence-corrected chi connectivity index (χ2v) is 10.4. The lowest BCUT2D eigenvalue weighted by Gasteiger charge is -2.35. The molecular formula is C27H34FN7O2. The molecule has 3 aliphatic rings. The number of hydrogen-bond donors (Lipinski definition) is 1. The van der Waals surface area contributed by atoms with Crippen LogP contribution in [-0.2, 0) is 0 Å². The van der Waals surface area contributed by atoms with Crippen molar-refractivity contribution in [2.75, 3.05) is 56.2 Å². The Kier molecular flexibility index (Phi) is 6.36. The third kappa shape index (κ3) is 4.58. The molecule has 6 rings (SSSR count). The zero-order valence-electron chi connectivity index (χ0n) is 21.5. The molecule has 0 radical (unpaired) electrons. The molecule has 37 heavy (non-hydrogen) atoms. The first-order valence-electron chi connectivity index (χ1n) is 13.3. The number of likely N-dealkylation sites (N-methyl/N-ethyl adjacent to an activating group) is 1. The molecule has 0 spiro atoms. The maximum atomic E-state index is 14.3. The summed E-state index contributed by atoms with van der Waals surface area (Å²) in [6.45, 7) is 6.53. The van der Waals surface area contributed by atoms with Gasteiger partial charge in [0.2, 0.25) is 0 Å². The average molecular weight is 508 g/mol. The largest absolute Gasteiger partial charge is 0.491 e. The van der Waals surface area contributed by atoms with E-state index < -0.39 is 5.82 Å². The van der Waals surface area contributed by atoms with Crippen molar-refractivity contribution < 1.29 is 13.9 Å². The number of anilines is 2. The molecule has 2 fully saturated rings. The monoisotopic (exact) mass is 507 g/mol. The second-order valence-electron chi connectivity index (χ2n) is 10.4. The lowest BCUT2D eigenvalue weighted by atomic mass is 9.98. The summed E-state index contributed by atoms with van der Waals surface area (Å²) in [5.74, 6) is 1.66. The number of carbonyl (C=O) groups is 1. The molecule has 1 N–H and O–H groups in total. The maximum Gasteiger partial charge on any atom is 0.258 e. The molecule has 196 valence electrons. The molecule has 9 nitrogen and oxygen atoms in total. The first-order valence-corrected chi connectivity index (χ1v) is 13.3. The Morgan fingerprint density at radius 2 is 1.95 bits per heavy atom. The molecule has 1 aromatic carbocycles. The van der Waals surface area contributed by atoms with Crippen LogP contribution in [0.5, 0.6) is 5.75 Å². The normalized spacial score (nSPS) is 23.0. The van der Waals surface area contributed by atoms with Crippen molar-refractivity contribution in [3.8, 4) is 5.75 Å². The molecule has 3 aliphatic heterocycles. The Labute approximate surface area is 216 Å².